The number of nitrogens with one attached hydrogen (secondary N) is 1. The summed E-state index contributed by atoms with van der Waals surface area (Å²) in [6, 6.07) is 5.48. The molecule has 0 spiro atoms. The standard InChI is InChI=1S/C13H17ClN4O/c1-8-4-5-9(14)6-10(8)12(17-15)13-11(19-3)7-16-18(13)2/h4-7,12,17H,15H2,1-3H3. The van der Waals surface area contributed by atoms with Crippen LogP contribution in [0.3, 0.4) is 0 Å². The summed E-state index contributed by atoms with van der Waals surface area (Å²) in [5.41, 5.74) is 5.75. The van der Waals surface area contributed by atoms with Gasteiger partial charge >= 0.3 is 0 Å². The van der Waals surface area contributed by atoms with Gasteiger partial charge < -0.3 is 4.74 Å². The maximum Gasteiger partial charge on any atom is 0.161 e. The second-order valence-electron chi connectivity index (χ2n) is 4.32. The van der Waals surface area contributed by atoms with Crippen molar-refractivity contribution >= 4 is 11.6 Å². The topological polar surface area (TPSA) is 65.1 Å². The number of nitrogens with zero attached hydrogens (tertiary/aromatic N) is 2. The lowest BCUT2D eigenvalue weighted by molar-refractivity contribution is 0.401. The highest BCUT2D eigenvalue weighted by Gasteiger charge is 2.23. The Kier molecular flexibility index (Phi) is 4.09. The number of hydrogen-bond acceptors (Lipinski definition) is 4. The first-order chi connectivity index (χ1) is 9.08. The van der Waals surface area contributed by atoms with Crippen LogP contribution in [0, 0.1) is 6.92 Å². The summed E-state index contributed by atoms with van der Waals surface area (Å²) >= 11 is 6.07. The average Bonchev–Trinajstić information content (AvgIpc) is 2.76. The average molecular weight is 281 g/mol. The molecule has 1 atom stereocenters. The number of nitrogens with two attached hydrogens (primary N) is 1. The van der Waals surface area contributed by atoms with Gasteiger partial charge in [-0.15, -0.1) is 0 Å². The lowest BCUT2D eigenvalue weighted by atomic mass is 9.99. The number of methoxy groups -OCH3 is 1. The first-order valence-electron chi connectivity index (χ1n) is 5.86. The van der Waals surface area contributed by atoms with Gasteiger partial charge in [-0.2, -0.15) is 5.10 Å². The van der Waals surface area contributed by atoms with Crippen molar-refractivity contribution in [2.24, 2.45) is 12.9 Å². The molecule has 2 rings (SSSR count). The highest BCUT2D eigenvalue weighted by atomic mass is 35.5. The zero-order valence-electron chi connectivity index (χ0n) is 11.1. The number of hydrogen-bond donors (Lipinski definition) is 2. The van der Waals surface area contributed by atoms with E-state index >= 15 is 0 Å². The smallest absolute Gasteiger partial charge is 0.161 e. The lowest BCUT2D eigenvalue weighted by Gasteiger charge is -2.20. The molecule has 1 aromatic carbocycles. The van der Waals surface area contributed by atoms with Crippen molar-refractivity contribution in [3.8, 4) is 5.75 Å². The highest BCUT2D eigenvalue weighted by Crippen LogP contribution is 2.31. The molecule has 0 aliphatic rings. The fraction of sp³-hybridized carbons (Fsp3) is 0.308. The van der Waals surface area contributed by atoms with Crippen LogP contribution in [0.5, 0.6) is 5.75 Å². The van der Waals surface area contributed by atoms with E-state index in [0.717, 1.165) is 16.8 Å². The number of benzene rings is 1. The van der Waals surface area contributed by atoms with Gasteiger partial charge in [0.15, 0.2) is 5.75 Å². The maximum atomic E-state index is 6.07. The number of rotatable bonds is 4. The third-order valence-corrected chi connectivity index (χ3v) is 3.40. The predicted octanol–water partition coefficient (Wildman–Crippen LogP) is 1.94. The lowest BCUT2D eigenvalue weighted by Crippen LogP contribution is -2.31. The molecular weight excluding hydrogens is 264 g/mol. The maximum absolute atomic E-state index is 6.07. The first-order valence-corrected chi connectivity index (χ1v) is 6.24. The molecule has 2 aromatic rings. The molecule has 0 saturated heterocycles. The molecule has 0 radical (unpaired) electrons. The fourth-order valence-corrected chi connectivity index (χ4v) is 2.33. The van der Waals surface area contributed by atoms with Gasteiger partial charge in [0.05, 0.1) is 19.3 Å². The van der Waals surface area contributed by atoms with E-state index in [9.17, 15) is 0 Å². The zero-order valence-corrected chi connectivity index (χ0v) is 11.9. The Balaban J connectivity index is 2.56. The van der Waals surface area contributed by atoms with Gasteiger partial charge in [0.1, 0.15) is 5.69 Å². The number of halogens is 1. The Labute approximate surface area is 117 Å². The minimum Gasteiger partial charge on any atom is -0.493 e. The minimum atomic E-state index is -0.235. The third kappa shape index (κ3) is 2.58. The van der Waals surface area contributed by atoms with Gasteiger partial charge in [0.25, 0.3) is 0 Å². The van der Waals surface area contributed by atoms with E-state index in [1.165, 1.54) is 0 Å². The zero-order chi connectivity index (χ0) is 14.0. The van der Waals surface area contributed by atoms with Crippen molar-refractivity contribution in [1.29, 1.82) is 0 Å². The Hall–Kier alpha value is -1.56. The molecule has 1 aromatic heterocycles. The molecule has 0 saturated carbocycles. The number of ether oxygens (including phenoxy) is 1. The summed E-state index contributed by atoms with van der Waals surface area (Å²) in [5, 5.41) is 4.87. The summed E-state index contributed by atoms with van der Waals surface area (Å²) in [4.78, 5) is 0. The third-order valence-electron chi connectivity index (χ3n) is 3.16. The normalized spacial score (nSPS) is 12.5. The fourth-order valence-electron chi connectivity index (χ4n) is 2.15. The molecule has 3 N–H and O–H groups in total. The van der Waals surface area contributed by atoms with Gasteiger partial charge in [-0.25, -0.2) is 5.43 Å². The van der Waals surface area contributed by atoms with E-state index in [2.05, 4.69) is 10.5 Å². The molecule has 0 aliphatic carbocycles. The van der Waals surface area contributed by atoms with Gasteiger partial charge in [-0.1, -0.05) is 17.7 Å². The SMILES string of the molecule is COc1cnn(C)c1C(NN)c1cc(Cl)ccc1C. The van der Waals surface area contributed by atoms with E-state index in [0.29, 0.717) is 10.8 Å². The van der Waals surface area contributed by atoms with E-state index in [1.54, 1.807) is 18.0 Å². The van der Waals surface area contributed by atoms with Gasteiger partial charge in [-0.05, 0) is 30.2 Å². The monoisotopic (exact) mass is 280 g/mol. The second kappa shape index (κ2) is 5.61. The molecule has 0 bridgehead atoms. The van der Waals surface area contributed by atoms with Crippen molar-refractivity contribution in [2.45, 2.75) is 13.0 Å². The van der Waals surface area contributed by atoms with Crippen molar-refractivity contribution in [3.05, 3.63) is 46.2 Å². The van der Waals surface area contributed by atoms with Gasteiger partial charge in [-0.3, -0.25) is 10.5 Å². The van der Waals surface area contributed by atoms with Crippen molar-refractivity contribution < 1.29 is 4.74 Å². The molecule has 5 nitrogen and oxygen atoms in total. The summed E-state index contributed by atoms with van der Waals surface area (Å²) in [6.45, 7) is 2.01. The van der Waals surface area contributed by atoms with Crippen LogP contribution in [0.1, 0.15) is 22.9 Å². The quantitative estimate of drug-likeness (QED) is 0.664. The Morgan fingerprint density at radius 2 is 2.21 bits per heavy atom. The summed E-state index contributed by atoms with van der Waals surface area (Å²) in [7, 11) is 3.46. The molecule has 0 aliphatic heterocycles. The number of aromatic nitrogens is 2. The van der Waals surface area contributed by atoms with E-state index in [1.807, 2.05) is 32.2 Å². The van der Waals surface area contributed by atoms with Crippen LogP contribution in [0.15, 0.2) is 24.4 Å². The summed E-state index contributed by atoms with van der Waals surface area (Å²) in [6.07, 6.45) is 1.67. The largest absolute Gasteiger partial charge is 0.493 e. The Morgan fingerprint density at radius 3 is 2.84 bits per heavy atom. The molecule has 0 amide bonds. The summed E-state index contributed by atoms with van der Waals surface area (Å²) < 4.78 is 7.07. The molecule has 1 heterocycles. The van der Waals surface area contributed by atoms with Crippen LogP contribution in [0.2, 0.25) is 5.02 Å². The van der Waals surface area contributed by atoms with Crippen LogP contribution in [-0.4, -0.2) is 16.9 Å². The molecule has 19 heavy (non-hydrogen) atoms. The molecule has 0 fully saturated rings. The number of hydrazine groups is 1. The van der Waals surface area contributed by atoms with E-state index < -0.39 is 0 Å². The minimum absolute atomic E-state index is 0.235. The Morgan fingerprint density at radius 1 is 1.47 bits per heavy atom. The van der Waals surface area contributed by atoms with Crippen LogP contribution < -0.4 is 16.0 Å². The van der Waals surface area contributed by atoms with Crippen molar-refractivity contribution in [1.82, 2.24) is 15.2 Å². The number of aryl methyl sites for hydroxylation is 2. The van der Waals surface area contributed by atoms with Crippen molar-refractivity contribution in [2.75, 3.05) is 7.11 Å². The molecule has 1 unspecified atom stereocenters. The van der Waals surface area contributed by atoms with E-state index in [4.69, 9.17) is 22.2 Å². The van der Waals surface area contributed by atoms with Gasteiger partial charge in [0.2, 0.25) is 0 Å². The van der Waals surface area contributed by atoms with Gasteiger partial charge in [0, 0.05) is 12.1 Å². The van der Waals surface area contributed by atoms with Crippen LogP contribution in [0.25, 0.3) is 0 Å². The molecular formula is C13H17ClN4O. The predicted molar refractivity (Wildman–Crippen MR) is 75.1 cm³/mol. The first kappa shape index (κ1) is 13.9. The van der Waals surface area contributed by atoms with Crippen LogP contribution in [0.4, 0.5) is 0 Å². The molecule has 6 heteroatoms. The summed E-state index contributed by atoms with van der Waals surface area (Å²) in [5.74, 6) is 6.40. The van der Waals surface area contributed by atoms with Crippen molar-refractivity contribution in [3.63, 3.8) is 0 Å². The highest BCUT2D eigenvalue weighted by molar-refractivity contribution is 6.30. The molecule has 102 valence electrons. The Bertz CT molecular complexity index is 582. The van der Waals surface area contributed by atoms with E-state index in [-0.39, 0.29) is 6.04 Å². The van der Waals surface area contributed by atoms with Crippen LogP contribution in [-0.2, 0) is 7.05 Å². The second-order valence-corrected chi connectivity index (χ2v) is 4.76. The van der Waals surface area contributed by atoms with Crippen LogP contribution >= 0.6 is 11.6 Å².